The summed E-state index contributed by atoms with van der Waals surface area (Å²) in [5, 5.41) is 8.34. The zero-order valence-corrected chi connectivity index (χ0v) is 19.4. The Morgan fingerprint density at radius 1 is 0.892 bits per heavy atom. The van der Waals surface area contributed by atoms with Crippen LogP contribution in [0.2, 0.25) is 0 Å². The lowest BCUT2D eigenvalue weighted by Crippen LogP contribution is -2.19. The molecule has 0 fully saturated rings. The lowest BCUT2D eigenvalue weighted by molar-refractivity contribution is -0.137. The number of carbonyl (C=O) groups is 1. The molecule has 0 atom stereocenters. The van der Waals surface area contributed by atoms with E-state index < -0.39 is 17.8 Å². The minimum absolute atomic E-state index is 0.0208. The summed E-state index contributed by atoms with van der Waals surface area (Å²) in [7, 11) is 1.90. The molecule has 0 aliphatic carbocycles. The quantitative estimate of drug-likeness (QED) is 0.257. The van der Waals surface area contributed by atoms with Gasteiger partial charge >= 0.3 is 12.2 Å². The molecule has 0 saturated carbocycles. The second kappa shape index (κ2) is 9.61. The number of alkyl halides is 3. The number of nitrogens with zero attached hydrogens (tertiary/aromatic N) is 4. The molecule has 8 nitrogen and oxygen atoms in total. The van der Waals surface area contributed by atoms with Crippen molar-refractivity contribution >= 4 is 39.9 Å². The maximum Gasteiger partial charge on any atom is 0.416 e. The second-order valence-electron chi connectivity index (χ2n) is 8.16. The van der Waals surface area contributed by atoms with Gasteiger partial charge in [-0.05, 0) is 48.5 Å². The van der Waals surface area contributed by atoms with Gasteiger partial charge in [-0.3, -0.25) is 4.98 Å². The summed E-state index contributed by atoms with van der Waals surface area (Å²) in [5.74, 6) is 1.01. The molecule has 0 radical (unpaired) electrons. The van der Waals surface area contributed by atoms with Crippen LogP contribution in [0.5, 0.6) is 0 Å². The van der Waals surface area contributed by atoms with Gasteiger partial charge in [-0.2, -0.15) is 13.2 Å². The number of benzene rings is 2. The van der Waals surface area contributed by atoms with Crippen molar-refractivity contribution in [2.75, 3.05) is 16.0 Å². The van der Waals surface area contributed by atoms with E-state index in [1.807, 2.05) is 36.0 Å². The number of carbonyl (C=O) groups excluding carboxylic acids is 1. The summed E-state index contributed by atoms with van der Waals surface area (Å²) >= 11 is 0. The maximum absolute atomic E-state index is 13.0. The van der Waals surface area contributed by atoms with Crippen LogP contribution in [-0.2, 0) is 13.2 Å². The number of hydrogen-bond donors (Lipinski definition) is 3. The zero-order chi connectivity index (χ0) is 26.0. The van der Waals surface area contributed by atoms with Crippen LogP contribution in [0.15, 0.2) is 85.3 Å². The van der Waals surface area contributed by atoms with Crippen molar-refractivity contribution < 1.29 is 18.0 Å². The van der Waals surface area contributed by atoms with Crippen LogP contribution in [0, 0.1) is 0 Å². The van der Waals surface area contributed by atoms with Crippen molar-refractivity contribution in [2.24, 2.45) is 7.05 Å². The smallest absolute Gasteiger partial charge is 0.346 e. The Labute approximate surface area is 209 Å². The molecule has 0 aliphatic heterocycles. The first kappa shape index (κ1) is 23.8. The van der Waals surface area contributed by atoms with E-state index in [9.17, 15) is 18.0 Å². The number of nitrogens with one attached hydrogen (secondary N) is 3. The Balaban J connectivity index is 1.40. The van der Waals surface area contributed by atoms with E-state index in [2.05, 4.69) is 25.9 Å². The average molecular weight is 503 g/mol. The first-order chi connectivity index (χ1) is 17.8. The van der Waals surface area contributed by atoms with Crippen LogP contribution in [0.1, 0.15) is 5.56 Å². The van der Waals surface area contributed by atoms with Gasteiger partial charge in [0.15, 0.2) is 11.6 Å². The molecule has 37 heavy (non-hydrogen) atoms. The van der Waals surface area contributed by atoms with Gasteiger partial charge in [0.2, 0.25) is 0 Å². The van der Waals surface area contributed by atoms with Crippen LogP contribution in [0.4, 0.5) is 40.8 Å². The molecule has 3 aromatic heterocycles. The number of aromatic nitrogens is 4. The highest BCUT2D eigenvalue weighted by Gasteiger charge is 2.30. The summed E-state index contributed by atoms with van der Waals surface area (Å²) in [6.45, 7) is 0. The van der Waals surface area contributed by atoms with Crippen molar-refractivity contribution in [2.45, 2.75) is 6.18 Å². The van der Waals surface area contributed by atoms with Crippen molar-refractivity contribution in [1.29, 1.82) is 0 Å². The van der Waals surface area contributed by atoms with Gasteiger partial charge in [0.05, 0.1) is 23.0 Å². The van der Waals surface area contributed by atoms with Gasteiger partial charge < -0.3 is 20.5 Å². The molecule has 2 aromatic carbocycles. The molecule has 3 N–H and O–H groups in total. The van der Waals surface area contributed by atoms with E-state index in [4.69, 9.17) is 4.98 Å². The third-order valence-corrected chi connectivity index (χ3v) is 5.47. The summed E-state index contributed by atoms with van der Waals surface area (Å²) < 4.78 is 40.8. The molecule has 5 rings (SSSR count). The molecule has 0 bridgehead atoms. The molecule has 0 saturated heterocycles. The number of halogens is 3. The Morgan fingerprint density at radius 3 is 2.35 bits per heavy atom. The monoisotopic (exact) mass is 503 g/mol. The normalized spacial score (nSPS) is 11.4. The highest BCUT2D eigenvalue weighted by Crippen LogP contribution is 2.31. The molecule has 3 heterocycles. The SMILES string of the molecule is Cn1ccc2nc(-c3cccc(NC(=O)Nc4cccc(C(F)(F)F)c4)c3)nc(Nc3cccnc3)c21. The van der Waals surface area contributed by atoms with Crippen LogP contribution in [0.3, 0.4) is 0 Å². The molecular formula is C26H20F3N7O. The Kier molecular flexibility index (Phi) is 6.18. The molecule has 0 spiro atoms. The number of urea groups is 1. The number of hydrogen-bond acceptors (Lipinski definition) is 5. The van der Waals surface area contributed by atoms with Crippen molar-refractivity contribution in [1.82, 2.24) is 19.5 Å². The first-order valence-corrected chi connectivity index (χ1v) is 11.1. The van der Waals surface area contributed by atoms with Crippen LogP contribution < -0.4 is 16.0 Å². The molecule has 2 amide bonds. The molecule has 11 heteroatoms. The average Bonchev–Trinajstić information content (AvgIpc) is 3.25. The topological polar surface area (TPSA) is 96.8 Å². The summed E-state index contributed by atoms with van der Waals surface area (Å²) in [5.41, 5.74) is 2.51. The number of anilines is 4. The van der Waals surface area contributed by atoms with Gasteiger partial charge in [0.1, 0.15) is 5.52 Å². The maximum atomic E-state index is 13.0. The van der Waals surface area contributed by atoms with Crippen molar-refractivity contribution in [3.05, 3.63) is 90.9 Å². The summed E-state index contributed by atoms with van der Waals surface area (Å²) in [6.07, 6.45) is 0.737. The summed E-state index contributed by atoms with van der Waals surface area (Å²) in [4.78, 5) is 26.0. The number of aryl methyl sites for hydroxylation is 1. The minimum Gasteiger partial charge on any atom is -0.346 e. The highest BCUT2D eigenvalue weighted by molar-refractivity contribution is 6.00. The van der Waals surface area contributed by atoms with Gasteiger partial charge in [0.25, 0.3) is 0 Å². The lowest BCUT2D eigenvalue weighted by atomic mass is 10.2. The van der Waals surface area contributed by atoms with E-state index in [-0.39, 0.29) is 5.69 Å². The molecular weight excluding hydrogens is 483 g/mol. The first-order valence-electron chi connectivity index (χ1n) is 11.1. The van der Waals surface area contributed by atoms with E-state index in [1.54, 1.807) is 36.7 Å². The minimum atomic E-state index is -4.51. The number of fused-ring (bicyclic) bond motifs is 1. The molecule has 186 valence electrons. The van der Waals surface area contributed by atoms with Gasteiger partial charge in [-0.25, -0.2) is 14.8 Å². The molecule has 5 aromatic rings. The van der Waals surface area contributed by atoms with Crippen LogP contribution in [-0.4, -0.2) is 25.6 Å². The second-order valence-corrected chi connectivity index (χ2v) is 8.16. The third-order valence-electron chi connectivity index (χ3n) is 5.47. The van der Waals surface area contributed by atoms with E-state index in [0.29, 0.717) is 22.9 Å². The predicted octanol–water partition coefficient (Wildman–Crippen LogP) is 6.44. The van der Waals surface area contributed by atoms with E-state index in [0.717, 1.165) is 28.9 Å². The van der Waals surface area contributed by atoms with Crippen molar-refractivity contribution in [3.63, 3.8) is 0 Å². The molecule has 0 aliphatic rings. The van der Waals surface area contributed by atoms with Gasteiger partial charge in [-0.1, -0.05) is 18.2 Å². The Hall–Kier alpha value is -4.93. The zero-order valence-electron chi connectivity index (χ0n) is 19.4. The van der Waals surface area contributed by atoms with Crippen LogP contribution >= 0.6 is 0 Å². The standard InChI is InChI=1S/C26H20F3N7O/c1-36-12-10-21-22(36)24(31-20-9-4-11-30-15-20)35-23(34-21)16-5-2-7-18(13-16)32-25(37)33-19-8-3-6-17(14-19)26(27,28)29/h2-15H,1H3,(H,31,34,35)(H2,32,33,37). The lowest BCUT2D eigenvalue weighted by Gasteiger charge is -2.12. The number of amides is 2. The Bertz CT molecular complexity index is 1580. The largest absolute Gasteiger partial charge is 0.416 e. The molecule has 0 unspecified atom stereocenters. The number of rotatable bonds is 5. The fraction of sp³-hybridized carbons (Fsp3) is 0.0769. The predicted molar refractivity (Wildman–Crippen MR) is 136 cm³/mol. The van der Waals surface area contributed by atoms with Gasteiger partial charge in [-0.15, -0.1) is 0 Å². The summed E-state index contributed by atoms with van der Waals surface area (Å²) in [6, 6.07) is 16.2. The Morgan fingerprint density at radius 2 is 1.62 bits per heavy atom. The third kappa shape index (κ3) is 5.35. The van der Waals surface area contributed by atoms with Crippen molar-refractivity contribution in [3.8, 4) is 11.4 Å². The number of pyridine rings is 1. The fourth-order valence-corrected chi connectivity index (χ4v) is 3.79. The highest BCUT2D eigenvalue weighted by atomic mass is 19.4. The van der Waals surface area contributed by atoms with Gasteiger partial charge in [0, 0.05) is 36.4 Å². The van der Waals surface area contributed by atoms with Crippen LogP contribution in [0.25, 0.3) is 22.4 Å². The van der Waals surface area contributed by atoms with E-state index >= 15 is 0 Å². The van der Waals surface area contributed by atoms with E-state index in [1.165, 1.54) is 12.1 Å². The fourth-order valence-electron chi connectivity index (χ4n) is 3.79.